The molecule has 0 aliphatic rings. The Labute approximate surface area is 121 Å². The highest BCUT2D eigenvalue weighted by molar-refractivity contribution is 5.75. The van der Waals surface area contributed by atoms with Gasteiger partial charge in [0.15, 0.2) is 0 Å². The van der Waals surface area contributed by atoms with Gasteiger partial charge in [-0.2, -0.15) is 0 Å². The SMILES string of the molecule is CCn1c(CCCCNCCOC)nc2ccccc21. The second kappa shape index (κ2) is 8.02. The Hall–Kier alpha value is -1.39. The molecular formula is C16H25N3O. The fourth-order valence-electron chi connectivity index (χ4n) is 2.50. The summed E-state index contributed by atoms with van der Waals surface area (Å²) in [7, 11) is 1.73. The zero-order chi connectivity index (χ0) is 14.2. The first-order chi connectivity index (χ1) is 9.86. The average molecular weight is 275 g/mol. The van der Waals surface area contributed by atoms with Gasteiger partial charge in [0, 0.05) is 26.6 Å². The van der Waals surface area contributed by atoms with E-state index in [2.05, 4.69) is 41.1 Å². The molecule has 1 N–H and O–H groups in total. The summed E-state index contributed by atoms with van der Waals surface area (Å²) in [5, 5.41) is 3.38. The van der Waals surface area contributed by atoms with E-state index in [4.69, 9.17) is 9.72 Å². The van der Waals surface area contributed by atoms with Crippen molar-refractivity contribution in [3.63, 3.8) is 0 Å². The van der Waals surface area contributed by atoms with E-state index in [0.717, 1.165) is 38.2 Å². The highest BCUT2D eigenvalue weighted by Gasteiger charge is 2.08. The van der Waals surface area contributed by atoms with Crippen molar-refractivity contribution in [2.24, 2.45) is 0 Å². The summed E-state index contributed by atoms with van der Waals surface area (Å²) in [4.78, 5) is 4.75. The van der Waals surface area contributed by atoms with Gasteiger partial charge in [-0.25, -0.2) is 4.98 Å². The number of hydrogen-bond donors (Lipinski definition) is 1. The van der Waals surface area contributed by atoms with Crippen molar-refractivity contribution < 1.29 is 4.74 Å². The molecule has 1 aromatic heterocycles. The van der Waals surface area contributed by atoms with E-state index in [-0.39, 0.29) is 0 Å². The standard InChI is InChI=1S/C16H25N3O/c1-3-19-15-9-5-4-8-14(15)18-16(19)10-6-7-11-17-12-13-20-2/h4-5,8-9,17H,3,6-7,10-13H2,1-2H3. The number of hydrogen-bond acceptors (Lipinski definition) is 3. The summed E-state index contributed by atoms with van der Waals surface area (Å²) >= 11 is 0. The number of fused-ring (bicyclic) bond motifs is 1. The maximum Gasteiger partial charge on any atom is 0.109 e. The van der Waals surface area contributed by atoms with Gasteiger partial charge in [-0.15, -0.1) is 0 Å². The number of methoxy groups -OCH3 is 1. The number of nitrogens with one attached hydrogen (secondary N) is 1. The van der Waals surface area contributed by atoms with Crippen LogP contribution in [0, 0.1) is 0 Å². The van der Waals surface area contributed by atoms with Crippen molar-refractivity contribution in [2.45, 2.75) is 32.7 Å². The van der Waals surface area contributed by atoms with Crippen LogP contribution in [0.5, 0.6) is 0 Å². The number of para-hydroxylation sites is 2. The van der Waals surface area contributed by atoms with Crippen molar-refractivity contribution in [3.05, 3.63) is 30.1 Å². The van der Waals surface area contributed by atoms with Gasteiger partial charge in [-0.05, 0) is 38.4 Å². The van der Waals surface area contributed by atoms with E-state index in [1.165, 1.54) is 24.2 Å². The molecule has 4 heteroatoms. The van der Waals surface area contributed by atoms with Crippen LogP contribution in [0.1, 0.15) is 25.6 Å². The molecule has 1 aromatic carbocycles. The number of ether oxygens (including phenoxy) is 1. The Morgan fingerprint density at radius 3 is 2.85 bits per heavy atom. The van der Waals surface area contributed by atoms with Crippen LogP contribution in [-0.2, 0) is 17.7 Å². The van der Waals surface area contributed by atoms with E-state index in [0.29, 0.717) is 0 Å². The van der Waals surface area contributed by atoms with Crippen molar-refractivity contribution in [3.8, 4) is 0 Å². The lowest BCUT2D eigenvalue weighted by atomic mass is 10.2. The van der Waals surface area contributed by atoms with Gasteiger partial charge < -0.3 is 14.6 Å². The van der Waals surface area contributed by atoms with Gasteiger partial charge in [0.25, 0.3) is 0 Å². The van der Waals surface area contributed by atoms with Gasteiger partial charge >= 0.3 is 0 Å². The van der Waals surface area contributed by atoms with Crippen LogP contribution in [-0.4, -0.2) is 36.4 Å². The number of benzene rings is 1. The van der Waals surface area contributed by atoms with Crippen molar-refractivity contribution >= 4 is 11.0 Å². The van der Waals surface area contributed by atoms with Crippen LogP contribution >= 0.6 is 0 Å². The Balaban J connectivity index is 1.83. The second-order valence-corrected chi connectivity index (χ2v) is 4.96. The average Bonchev–Trinajstić information content (AvgIpc) is 2.83. The summed E-state index contributed by atoms with van der Waals surface area (Å²) in [5.41, 5.74) is 2.37. The number of nitrogens with zero attached hydrogens (tertiary/aromatic N) is 2. The van der Waals surface area contributed by atoms with Gasteiger partial charge in [0.1, 0.15) is 5.82 Å². The monoisotopic (exact) mass is 275 g/mol. The highest BCUT2D eigenvalue weighted by atomic mass is 16.5. The molecule has 20 heavy (non-hydrogen) atoms. The molecule has 0 aliphatic carbocycles. The van der Waals surface area contributed by atoms with Gasteiger partial charge in [0.05, 0.1) is 17.6 Å². The Morgan fingerprint density at radius 1 is 1.20 bits per heavy atom. The lowest BCUT2D eigenvalue weighted by molar-refractivity contribution is 0.199. The Bertz CT molecular complexity index is 521. The molecule has 0 spiro atoms. The third kappa shape index (κ3) is 3.81. The molecule has 0 radical (unpaired) electrons. The number of rotatable bonds is 9. The predicted molar refractivity (Wildman–Crippen MR) is 83.1 cm³/mol. The molecule has 4 nitrogen and oxygen atoms in total. The molecule has 0 atom stereocenters. The minimum absolute atomic E-state index is 0.783. The van der Waals surface area contributed by atoms with Gasteiger partial charge in [-0.1, -0.05) is 12.1 Å². The second-order valence-electron chi connectivity index (χ2n) is 4.96. The fourth-order valence-corrected chi connectivity index (χ4v) is 2.50. The first-order valence-electron chi connectivity index (χ1n) is 7.50. The molecule has 1 heterocycles. The normalized spacial score (nSPS) is 11.3. The zero-order valence-corrected chi connectivity index (χ0v) is 12.6. The van der Waals surface area contributed by atoms with E-state index in [1.807, 2.05) is 0 Å². The number of aromatic nitrogens is 2. The molecule has 2 rings (SSSR count). The Morgan fingerprint density at radius 2 is 2.05 bits per heavy atom. The lowest BCUT2D eigenvalue weighted by Gasteiger charge is -2.06. The molecule has 2 aromatic rings. The van der Waals surface area contributed by atoms with E-state index in [1.54, 1.807) is 7.11 Å². The summed E-state index contributed by atoms with van der Waals surface area (Å²) in [6.07, 6.45) is 3.40. The topological polar surface area (TPSA) is 39.1 Å². The molecule has 0 saturated carbocycles. The van der Waals surface area contributed by atoms with E-state index >= 15 is 0 Å². The number of unbranched alkanes of at least 4 members (excludes halogenated alkanes) is 1. The minimum Gasteiger partial charge on any atom is -0.383 e. The molecular weight excluding hydrogens is 250 g/mol. The summed E-state index contributed by atoms with van der Waals surface area (Å²) in [5.74, 6) is 1.21. The zero-order valence-electron chi connectivity index (χ0n) is 12.6. The molecule has 0 unspecified atom stereocenters. The fraction of sp³-hybridized carbons (Fsp3) is 0.562. The summed E-state index contributed by atoms with van der Waals surface area (Å²) in [6.45, 7) is 5.94. The minimum atomic E-state index is 0.783. The van der Waals surface area contributed by atoms with Gasteiger partial charge in [0.2, 0.25) is 0 Å². The lowest BCUT2D eigenvalue weighted by Crippen LogP contribution is -2.20. The Kier molecular flexibility index (Phi) is 6.02. The third-order valence-corrected chi connectivity index (χ3v) is 3.54. The first-order valence-corrected chi connectivity index (χ1v) is 7.50. The quantitative estimate of drug-likeness (QED) is 0.715. The van der Waals surface area contributed by atoms with Crippen LogP contribution < -0.4 is 5.32 Å². The van der Waals surface area contributed by atoms with Crippen molar-refractivity contribution in [1.29, 1.82) is 0 Å². The van der Waals surface area contributed by atoms with Crippen molar-refractivity contribution in [2.75, 3.05) is 26.8 Å². The molecule has 0 fully saturated rings. The van der Waals surface area contributed by atoms with E-state index < -0.39 is 0 Å². The van der Waals surface area contributed by atoms with Crippen molar-refractivity contribution in [1.82, 2.24) is 14.9 Å². The van der Waals surface area contributed by atoms with E-state index in [9.17, 15) is 0 Å². The van der Waals surface area contributed by atoms with Crippen LogP contribution in [0.3, 0.4) is 0 Å². The van der Waals surface area contributed by atoms with Crippen LogP contribution in [0.2, 0.25) is 0 Å². The smallest absolute Gasteiger partial charge is 0.109 e. The molecule has 110 valence electrons. The molecule has 0 saturated heterocycles. The first kappa shape index (κ1) is 15.0. The molecule has 0 amide bonds. The molecule has 0 bridgehead atoms. The van der Waals surface area contributed by atoms with Crippen LogP contribution in [0.4, 0.5) is 0 Å². The van der Waals surface area contributed by atoms with Gasteiger partial charge in [-0.3, -0.25) is 0 Å². The van der Waals surface area contributed by atoms with Crippen LogP contribution in [0.15, 0.2) is 24.3 Å². The number of aryl methyl sites for hydroxylation is 2. The third-order valence-electron chi connectivity index (χ3n) is 3.54. The highest BCUT2D eigenvalue weighted by Crippen LogP contribution is 2.17. The maximum absolute atomic E-state index is 5.01. The number of imidazole rings is 1. The van der Waals surface area contributed by atoms with Crippen LogP contribution in [0.25, 0.3) is 11.0 Å². The largest absolute Gasteiger partial charge is 0.383 e. The summed E-state index contributed by atoms with van der Waals surface area (Å²) < 4.78 is 7.33. The maximum atomic E-state index is 5.01. The predicted octanol–water partition coefficient (Wildman–Crippen LogP) is 2.61. The summed E-state index contributed by atoms with van der Waals surface area (Å²) in [6, 6.07) is 8.39. The molecule has 0 aliphatic heterocycles.